The van der Waals surface area contributed by atoms with Crippen LogP contribution in [-0.2, 0) is 11.2 Å². The Kier molecular flexibility index (Phi) is 3.99. The monoisotopic (exact) mass is 352 g/mol. The van der Waals surface area contributed by atoms with Gasteiger partial charge in [0.25, 0.3) is 5.91 Å². The summed E-state index contributed by atoms with van der Waals surface area (Å²) < 4.78 is 5.34. The second-order valence-corrected chi connectivity index (χ2v) is 6.77. The van der Waals surface area contributed by atoms with Crippen LogP contribution in [-0.4, -0.2) is 58.6 Å². The number of fused-ring (bicyclic) bond motifs is 1. The van der Waals surface area contributed by atoms with Crippen LogP contribution in [0, 0.1) is 0 Å². The van der Waals surface area contributed by atoms with E-state index in [1.165, 1.54) is 0 Å². The van der Waals surface area contributed by atoms with Crippen molar-refractivity contribution in [3.05, 3.63) is 59.8 Å². The molecule has 2 fully saturated rings. The van der Waals surface area contributed by atoms with Crippen molar-refractivity contribution < 1.29 is 14.3 Å². The van der Waals surface area contributed by atoms with Crippen molar-refractivity contribution in [3.63, 3.8) is 0 Å². The molecule has 4 rings (SSSR count). The molecule has 1 aromatic heterocycles. The topological polar surface area (TPSA) is 88.8 Å². The van der Waals surface area contributed by atoms with Crippen LogP contribution in [0.3, 0.4) is 0 Å². The predicted molar refractivity (Wildman–Crippen MR) is 95.5 cm³/mol. The van der Waals surface area contributed by atoms with Crippen molar-refractivity contribution in [2.24, 2.45) is 0 Å². The Balaban J connectivity index is 1.61. The van der Waals surface area contributed by atoms with Crippen LogP contribution in [0.15, 0.2) is 48.5 Å². The number of cyclic esters (lactones) is 1. The van der Waals surface area contributed by atoms with E-state index in [1.54, 1.807) is 28.0 Å². The molecule has 1 aromatic carbocycles. The Hall–Kier alpha value is -3.09. The van der Waals surface area contributed by atoms with Gasteiger partial charge >= 0.3 is 6.09 Å². The highest BCUT2D eigenvalue weighted by atomic mass is 16.6. The summed E-state index contributed by atoms with van der Waals surface area (Å²) in [6, 6.07) is 15.0. The van der Waals surface area contributed by atoms with Crippen LogP contribution in [0.4, 0.5) is 10.6 Å². The number of rotatable bonds is 3. The smallest absolute Gasteiger partial charge is 0.410 e. The number of benzene rings is 1. The number of amides is 2. The zero-order valence-corrected chi connectivity index (χ0v) is 14.3. The number of nitrogen functional groups attached to an aromatic ring is 1. The summed E-state index contributed by atoms with van der Waals surface area (Å²) in [7, 11) is 0. The Bertz CT molecular complexity index is 842. The fraction of sp³-hybridized carbons (Fsp3) is 0.316. The van der Waals surface area contributed by atoms with Gasteiger partial charge in [-0.25, -0.2) is 9.78 Å². The van der Waals surface area contributed by atoms with Crippen molar-refractivity contribution in [2.75, 3.05) is 32.0 Å². The molecule has 2 amide bonds. The number of piperazine rings is 1. The van der Waals surface area contributed by atoms with Crippen LogP contribution in [0.25, 0.3) is 0 Å². The summed E-state index contributed by atoms with van der Waals surface area (Å²) in [5, 5.41) is 0. The molecular weight excluding hydrogens is 332 g/mol. The van der Waals surface area contributed by atoms with Crippen molar-refractivity contribution in [1.82, 2.24) is 14.8 Å². The third kappa shape index (κ3) is 2.85. The maximum absolute atomic E-state index is 12.9. The molecule has 3 heterocycles. The van der Waals surface area contributed by atoms with Gasteiger partial charge in [0, 0.05) is 26.1 Å². The van der Waals surface area contributed by atoms with E-state index >= 15 is 0 Å². The van der Waals surface area contributed by atoms with Gasteiger partial charge in [-0.05, 0) is 17.7 Å². The minimum Gasteiger partial charge on any atom is -0.447 e. The highest BCUT2D eigenvalue weighted by Gasteiger charge is 2.51. The Labute approximate surface area is 151 Å². The number of nitrogens with zero attached hydrogens (tertiary/aromatic N) is 3. The van der Waals surface area contributed by atoms with E-state index in [2.05, 4.69) is 4.98 Å². The van der Waals surface area contributed by atoms with Crippen LogP contribution in [0.5, 0.6) is 0 Å². The van der Waals surface area contributed by atoms with Gasteiger partial charge in [-0.2, -0.15) is 0 Å². The fourth-order valence-corrected chi connectivity index (χ4v) is 3.74. The Morgan fingerprint density at radius 1 is 1.15 bits per heavy atom. The minimum absolute atomic E-state index is 0.177. The standard InChI is InChI=1S/C19H20N4O3/c20-16-8-4-7-15(21-16)17(24)22-9-10-23-18(25)26-13-19(23,12-22)11-14-5-2-1-3-6-14/h1-8H,9-13H2,(H2,20,21). The molecule has 134 valence electrons. The molecule has 26 heavy (non-hydrogen) atoms. The molecule has 0 aliphatic carbocycles. The first-order valence-electron chi connectivity index (χ1n) is 8.58. The number of aromatic nitrogens is 1. The van der Waals surface area contributed by atoms with E-state index in [1.807, 2.05) is 30.3 Å². The molecule has 0 bridgehead atoms. The zero-order chi connectivity index (χ0) is 18.1. The van der Waals surface area contributed by atoms with Crippen molar-refractivity contribution in [3.8, 4) is 0 Å². The average Bonchev–Trinajstić information content (AvgIpc) is 2.98. The van der Waals surface area contributed by atoms with E-state index in [-0.39, 0.29) is 18.6 Å². The molecule has 0 saturated carbocycles. The number of pyridine rings is 1. The lowest BCUT2D eigenvalue weighted by Gasteiger charge is -2.44. The van der Waals surface area contributed by atoms with Crippen LogP contribution < -0.4 is 5.73 Å². The molecule has 0 spiro atoms. The fourth-order valence-electron chi connectivity index (χ4n) is 3.74. The van der Waals surface area contributed by atoms with Gasteiger partial charge in [0.2, 0.25) is 0 Å². The van der Waals surface area contributed by atoms with Crippen molar-refractivity contribution in [2.45, 2.75) is 12.0 Å². The third-order valence-electron chi connectivity index (χ3n) is 4.99. The number of carbonyl (C=O) groups is 2. The van der Waals surface area contributed by atoms with Gasteiger partial charge in [0.05, 0.1) is 0 Å². The second-order valence-electron chi connectivity index (χ2n) is 6.77. The summed E-state index contributed by atoms with van der Waals surface area (Å²) in [6.07, 6.45) is 0.323. The first kappa shape index (κ1) is 16.4. The van der Waals surface area contributed by atoms with Crippen molar-refractivity contribution >= 4 is 17.8 Å². The molecule has 2 aliphatic rings. The van der Waals surface area contributed by atoms with E-state index < -0.39 is 5.54 Å². The number of hydrogen-bond acceptors (Lipinski definition) is 5. The first-order valence-corrected chi connectivity index (χ1v) is 8.58. The summed E-state index contributed by atoms with van der Waals surface area (Å²) >= 11 is 0. The summed E-state index contributed by atoms with van der Waals surface area (Å²) in [4.78, 5) is 32.7. The Morgan fingerprint density at radius 2 is 1.96 bits per heavy atom. The molecule has 0 radical (unpaired) electrons. The Morgan fingerprint density at radius 3 is 2.73 bits per heavy atom. The molecule has 2 aromatic rings. The highest BCUT2D eigenvalue weighted by molar-refractivity contribution is 5.93. The van der Waals surface area contributed by atoms with E-state index in [0.29, 0.717) is 37.6 Å². The number of hydrogen-bond donors (Lipinski definition) is 1. The largest absolute Gasteiger partial charge is 0.447 e. The van der Waals surface area contributed by atoms with Crippen LogP contribution in [0.1, 0.15) is 16.1 Å². The number of anilines is 1. The minimum atomic E-state index is -0.549. The molecule has 1 atom stereocenters. The second kappa shape index (κ2) is 6.33. The molecule has 7 heteroatoms. The lowest BCUT2D eigenvalue weighted by atomic mass is 9.88. The number of carbonyl (C=O) groups excluding carboxylic acids is 2. The van der Waals surface area contributed by atoms with Gasteiger partial charge in [-0.15, -0.1) is 0 Å². The van der Waals surface area contributed by atoms with Crippen molar-refractivity contribution in [1.29, 1.82) is 0 Å². The maximum atomic E-state index is 12.9. The first-order chi connectivity index (χ1) is 12.6. The third-order valence-corrected chi connectivity index (χ3v) is 4.99. The molecule has 2 saturated heterocycles. The SMILES string of the molecule is Nc1cccc(C(=O)N2CCN3C(=O)OCC3(Cc3ccccc3)C2)n1. The summed E-state index contributed by atoms with van der Waals surface area (Å²) in [5.41, 5.74) is 6.58. The highest BCUT2D eigenvalue weighted by Crippen LogP contribution is 2.32. The van der Waals surface area contributed by atoms with Gasteiger partial charge < -0.3 is 15.4 Å². The maximum Gasteiger partial charge on any atom is 0.410 e. The average molecular weight is 352 g/mol. The van der Waals surface area contributed by atoms with Gasteiger partial charge in [-0.3, -0.25) is 9.69 Å². The van der Waals surface area contributed by atoms with Gasteiger partial charge in [0.1, 0.15) is 23.7 Å². The quantitative estimate of drug-likeness (QED) is 0.905. The van der Waals surface area contributed by atoms with Crippen LogP contribution in [0.2, 0.25) is 0 Å². The summed E-state index contributed by atoms with van der Waals surface area (Å²) in [5.74, 6) is 0.136. The van der Waals surface area contributed by atoms with E-state index in [0.717, 1.165) is 5.56 Å². The molecule has 2 N–H and O–H groups in total. The lowest BCUT2D eigenvalue weighted by Crippen LogP contribution is -2.63. The number of ether oxygens (including phenoxy) is 1. The molecular formula is C19H20N4O3. The summed E-state index contributed by atoms with van der Waals surface area (Å²) in [6.45, 7) is 1.57. The number of nitrogens with two attached hydrogens (primary N) is 1. The molecule has 2 aliphatic heterocycles. The zero-order valence-electron chi connectivity index (χ0n) is 14.3. The molecule has 7 nitrogen and oxygen atoms in total. The predicted octanol–water partition coefficient (Wildman–Crippen LogP) is 1.55. The van der Waals surface area contributed by atoms with E-state index in [4.69, 9.17) is 10.5 Å². The van der Waals surface area contributed by atoms with E-state index in [9.17, 15) is 9.59 Å². The van der Waals surface area contributed by atoms with Crippen LogP contribution >= 0.6 is 0 Å². The van der Waals surface area contributed by atoms with Gasteiger partial charge in [-0.1, -0.05) is 36.4 Å². The lowest BCUT2D eigenvalue weighted by molar-refractivity contribution is 0.0371. The molecule has 1 unspecified atom stereocenters. The normalized spacial score (nSPS) is 22.1. The van der Waals surface area contributed by atoms with Gasteiger partial charge in [0.15, 0.2) is 0 Å².